The molecule has 0 amide bonds. The van der Waals surface area contributed by atoms with Crippen LogP contribution in [0.5, 0.6) is 17.2 Å². The van der Waals surface area contributed by atoms with Gasteiger partial charge in [-0.1, -0.05) is 19.9 Å². The number of hydrogen-bond donors (Lipinski definition) is 1. The molecule has 0 atom stereocenters. The monoisotopic (exact) mass is 302 g/mol. The van der Waals surface area contributed by atoms with Gasteiger partial charge in [0, 0.05) is 6.07 Å². The fourth-order valence-corrected chi connectivity index (χ4v) is 1.93. The number of unbranched alkanes of at least 4 members (excludes halogenated alkanes) is 2. The van der Waals surface area contributed by atoms with Crippen molar-refractivity contribution in [3.8, 4) is 17.2 Å². The first-order valence-corrected chi connectivity index (χ1v) is 7.06. The molecular weight excluding hydrogens is 284 g/mol. The molecule has 0 unspecified atom stereocenters. The minimum atomic E-state index is -0.749. The van der Waals surface area contributed by atoms with E-state index in [2.05, 4.69) is 13.5 Å². The Kier molecular flexibility index (Phi) is 5.25. The molecule has 1 aromatic carbocycles. The van der Waals surface area contributed by atoms with Gasteiger partial charge in [-0.25, -0.2) is 4.79 Å². The highest BCUT2D eigenvalue weighted by Crippen LogP contribution is 2.33. The Bertz CT molecular complexity index is 743. The van der Waals surface area contributed by atoms with E-state index in [0.29, 0.717) is 11.1 Å². The Morgan fingerprint density at radius 1 is 1.36 bits per heavy atom. The van der Waals surface area contributed by atoms with E-state index in [9.17, 15) is 9.90 Å². The van der Waals surface area contributed by atoms with Gasteiger partial charge in [0.25, 0.3) is 5.75 Å². The molecule has 2 aromatic rings. The van der Waals surface area contributed by atoms with Crippen molar-refractivity contribution in [3.63, 3.8) is 0 Å². The topological polar surface area (TPSA) is 68.9 Å². The van der Waals surface area contributed by atoms with Crippen LogP contribution in [-0.4, -0.2) is 5.11 Å². The lowest BCUT2D eigenvalue weighted by Gasteiger charge is -2.06. The summed E-state index contributed by atoms with van der Waals surface area (Å²) in [6.07, 6.45) is 7.40. The van der Waals surface area contributed by atoms with Gasteiger partial charge in [-0.05, 0) is 31.1 Å². The highest BCUT2D eigenvalue weighted by Gasteiger charge is 2.15. The van der Waals surface area contributed by atoms with Gasteiger partial charge in [-0.3, -0.25) is 0 Å². The summed E-state index contributed by atoms with van der Waals surface area (Å²) in [5.74, 6) is -0.0210. The molecule has 2 rings (SSSR count). The third-order valence-electron chi connectivity index (χ3n) is 3.04. The van der Waals surface area contributed by atoms with Crippen LogP contribution in [0, 0.1) is 0 Å². The number of fused-ring (bicyclic) bond motifs is 1. The molecule has 116 valence electrons. The molecule has 5 heteroatoms. The Morgan fingerprint density at radius 2 is 2.18 bits per heavy atom. The molecule has 1 N–H and O–H groups in total. The lowest BCUT2D eigenvalue weighted by atomic mass is 10.2. The Labute approximate surface area is 128 Å². The summed E-state index contributed by atoms with van der Waals surface area (Å²) in [6.45, 7) is 5.53. The summed E-state index contributed by atoms with van der Waals surface area (Å²) in [6, 6.07) is 4.71. The molecule has 0 aliphatic rings. The van der Waals surface area contributed by atoms with Crippen molar-refractivity contribution in [2.45, 2.75) is 26.2 Å². The van der Waals surface area contributed by atoms with Crippen molar-refractivity contribution in [3.05, 3.63) is 53.8 Å². The zero-order valence-corrected chi connectivity index (χ0v) is 12.4. The van der Waals surface area contributed by atoms with Crippen LogP contribution < -0.4 is 15.1 Å². The number of allylic oxidation sites excluding steroid dienone is 1. The summed E-state index contributed by atoms with van der Waals surface area (Å²) < 4.78 is 15.5. The average molecular weight is 302 g/mol. The van der Waals surface area contributed by atoms with Gasteiger partial charge in [-0.15, -0.1) is 0 Å². The summed E-state index contributed by atoms with van der Waals surface area (Å²) in [4.78, 5) is 11.9. The number of benzene rings is 1. The molecular formula is C17H18O5. The van der Waals surface area contributed by atoms with Crippen molar-refractivity contribution < 1.29 is 19.0 Å². The molecule has 0 fully saturated rings. The van der Waals surface area contributed by atoms with E-state index in [1.165, 1.54) is 18.6 Å². The van der Waals surface area contributed by atoms with E-state index in [-0.39, 0.29) is 17.1 Å². The molecule has 0 saturated heterocycles. The van der Waals surface area contributed by atoms with E-state index in [1.807, 2.05) is 0 Å². The number of ether oxygens (including phenoxy) is 2. The summed E-state index contributed by atoms with van der Waals surface area (Å²) >= 11 is 0. The fraction of sp³-hybridized carbons (Fsp3) is 0.235. The molecule has 22 heavy (non-hydrogen) atoms. The largest absolute Gasteiger partial charge is 0.504 e. The second kappa shape index (κ2) is 7.36. The van der Waals surface area contributed by atoms with Gasteiger partial charge in [0.2, 0.25) is 0 Å². The van der Waals surface area contributed by atoms with Crippen LogP contribution in [0.4, 0.5) is 0 Å². The zero-order valence-electron chi connectivity index (χ0n) is 12.4. The molecule has 0 radical (unpaired) electrons. The van der Waals surface area contributed by atoms with Gasteiger partial charge in [0.15, 0.2) is 5.75 Å². The summed E-state index contributed by atoms with van der Waals surface area (Å²) in [7, 11) is 0. The smallest absolute Gasteiger partial charge is 0.383 e. The van der Waals surface area contributed by atoms with Crippen LogP contribution in [-0.2, 0) is 0 Å². The maximum absolute atomic E-state index is 11.9. The van der Waals surface area contributed by atoms with Crippen LogP contribution in [0.2, 0.25) is 0 Å². The van der Waals surface area contributed by atoms with Gasteiger partial charge in [-0.2, -0.15) is 0 Å². The first-order chi connectivity index (χ1) is 10.7. The predicted molar refractivity (Wildman–Crippen MR) is 84.3 cm³/mol. The molecule has 0 bridgehead atoms. The lowest BCUT2D eigenvalue weighted by Crippen LogP contribution is -2.03. The van der Waals surface area contributed by atoms with Gasteiger partial charge < -0.3 is 19.0 Å². The molecule has 0 aliphatic carbocycles. The quantitative estimate of drug-likeness (QED) is 0.473. The van der Waals surface area contributed by atoms with Gasteiger partial charge >= 0.3 is 5.63 Å². The van der Waals surface area contributed by atoms with E-state index in [1.54, 1.807) is 18.2 Å². The Hall–Kier alpha value is -2.69. The summed E-state index contributed by atoms with van der Waals surface area (Å²) in [5, 5.41) is 10.5. The highest BCUT2D eigenvalue weighted by atomic mass is 16.5. The third-order valence-corrected chi connectivity index (χ3v) is 3.04. The van der Waals surface area contributed by atoms with Crippen LogP contribution in [0.1, 0.15) is 26.2 Å². The third kappa shape index (κ3) is 3.49. The average Bonchev–Trinajstić information content (AvgIpc) is 2.50. The second-order valence-corrected chi connectivity index (χ2v) is 4.64. The van der Waals surface area contributed by atoms with Crippen molar-refractivity contribution in [1.29, 1.82) is 0 Å². The molecule has 1 heterocycles. The van der Waals surface area contributed by atoms with Crippen LogP contribution in [0.25, 0.3) is 11.0 Å². The summed E-state index contributed by atoms with van der Waals surface area (Å²) in [5.41, 5.74) is -0.537. The molecule has 0 aliphatic heterocycles. The minimum absolute atomic E-state index is 0.212. The normalized spacial score (nSPS) is 11.0. The first-order valence-electron chi connectivity index (χ1n) is 7.06. The second-order valence-electron chi connectivity index (χ2n) is 4.64. The van der Waals surface area contributed by atoms with E-state index in [0.717, 1.165) is 19.3 Å². The van der Waals surface area contributed by atoms with Crippen molar-refractivity contribution >= 4 is 11.0 Å². The lowest BCUT2D eigenvalue weighted by molar-refractivity contribution is 0.384. The van der Waals surface area contributed by atoms with Crippen LogP contribution >= 0.6 is 0 Å². The van der Waals surface area contributed by atoms with Crippen LogP contribution in [0.3, 0.4) is 0 Å². The minimum Gasteiger partial charge on any atom is -0.504 e. The first kappa shape index (κ1) is 15.7. The maximum Gasteiger partial charge on any atom is 0.383 e. The van der Waals surface area contributed by atoms with E-state index >= 15 is 0 Å². The Balaban J connectivity index is 2.32. The SMILES string of the molecule is C=COc1ccc2c(O)c(O/C=C/CCCC)c(=O)oc2c1. The van der Waals surface area contributed by atoms with E-state index < -0.39 is 5.63 Å². The fourth-order valence-electron chi connectivity index (χ4n) is 1.93. The van der Waals surface area contributed by atoms with Crippen molar-refractivity contribution in [2.75, 3.05) is 0 Å². The van der Waals surface area contributed by atoms with Gasteiger partial charge in [0.1, 0.15) is 11.3 Å². The number of rotatable bonds is 7. The van der Waals surface area contributed by atoms with Crippen molar-refractivity contribution in [1.82, 2.24) is 0 Å². The number of hydrogen-bond acceptors (Lipinski definition) is 5. The standard InChI is InChI=1S/C17H18O5/c1-3-5-6-7-10-21-16-15(18)13-9-8-12(20-4-2)11-14(13)22-17(16)19/h4,7-11,18H,2-3,5-6H2,1H3/b10-7+. The molecule has 5 nitrogen and oxygen atoms in total. The maximum atomic E-state index is 11.9. The predicted octanol–water partition coefficient (Wildman–Crippen LogP) is 4.10. The molecule has 0 saturated carbocycles. The zero-order chi connectivity index (χ0) is 15.9. The Morgan fingerprint density at radius 3 is 2.91 bits per heavy atom. The molecule has 1 aromatic heterocycles. The van der Waals surface area contributed by atoms with E-state index in [4.69, 9.17) is 13.9 Å². The van der Waals surface area contributed by atoms with Gasteiger partial charge in [0.05, 0.1) is 17.9 Å². The highest BCUT2D eigenvalue weighted by molar-refractivity contribution is 5.86. The molecule has 0 spiro atoms. The van der Waals surface area contributed by atoms with Crippen LogP contribution in [0.15, 0.2) is 52.6 Å². The van der Waals surface area contributed by atoms with Crippen molar-refractivity contribution in [2.24, 2.45) is 0 Å². The number of aromatic hydroxyl groups is 1.